The molecule has 0 aliphatic carbocycles. The molecule has 0 spiro atoms. The van der Waals surface area contributed by atoms with Crippen LogP contribution in [-0.4, -0.2) is 34.7 Å². The Balaban J connectivity index is 1.30. The Kier molecular flexibility index (Phi) is 5.93. The molecule has 4 aromatic rings. The molecule has 0 aliphatic heterocycles. The first-order valence-electron chi connectivity index (χ1n) is 9.44. The fourth-order valence-electron chi connectivity index (χ4n) is 2.93. The van der Waals surface area contributed by atoms with Gasteiger partial charge in [0.05, 0.1) is 31.3 Å². The van der Waals surface area contributed by atoms with Gasteiger partial charge in [0.2, 0.25) is 0 Å². The van der Waals surface area contributed by atoms with Gasteiger partial charge < -0.3 is 18.6 Å². The molecule has 2 aromatic heterocycles. The topological polar surface area (TPSA) is 106 Å². The number of carbonyl (C=O) groups is 1. The van der Waals surface area contributed by atoms with Crippen molar-refractivity contribution in [2.45, 2.75) is 13.2 Å². The maximum atomic E-state index is 12.1. The zero-order chi connectivity index (χ0) is 21.6. The van der Waals surface area contributed by atoms with E-state index in [1.807, 2.05) is 24.3 Å². The van der Waals surface area contributed by atoms with Crippen LogP contribution in [0.4, 0.5) is 0 Å². The van der Waals surface area contributed by atoms with Gasteiger partial charge in [-0.3, -0.25) is 0 Å². The molecular formula is C22H19N3O6. The van der Waals surface area contributed by atoms with E-state index in [0.717, 1.165) is 11.3 Å². The molecule has 0 amide bonds. The monoisotopic (exact) mass is 421 g/mol. The Morgan fingerprint density at radius 2 is 1.94 bits per heavy atom. The largest absolute Gasteiger partial charge is 0.497 e. The molecule has 2 heterocycles. The third-order valence-electron chi connectivity index (χ3n) is 4.43. The molecule has 9 nitrogen and oxygen atoms in total. The van der Waals surface area contributed by atoms with Crippen LogP contribution in [-0.2, 0) is 22.7 Å². The van der Waals surface area contributed by atoms with Gasteiger partial charge in [-0.1, -0.05) is 29.5 Å². The van der Waals surface area contributed by atoms with Gasteiger partial charge in [-0.25, -0.2) is 14.3 Å². The second-order valence-electron chi connectivity index (χ2n) is 6.63. The van der Waals surface area contributed by atoms with Crippen molar-refractivity contribution in [1.29, 1.82) is 0 Å². The van der Waals surface area contributed by atoms with Gasteiger partial charge in [-0.2, -0.15) is 0 Å². The standard InChI is InChI=1S/C22H19N3O6/c1-28-17-8-6-15(7-9-17)11-25-12-16(23-24-25)13-30-22(27)14-29-20-10-21(26)31-19-5-3-2-4-18(19)20/h2-10,12H,11,13-14H2,1H3. The van der Waals surface area contributed by atoms with Crippen molar-refractivity contribution in [2.75, 3.05) is 13.7 Å². The van der Waals surface area contributed by atoms with Crippen LogP contribution in [0.2, 0.25) is 0 Å². The van der Waals surface area contributed by atoms with Crippen molar-refractivity contribution in [3.05, 3.63) is 82.5 Å². The number of fused-ring (bicyclic) bond motifs is 1. The summed E-state index contributed by atoms with van der Waals surface area (Å²) in [4.78, 5) is 23.7. The molecular weight excluding hydrogens is 402 g/mol. The Hall–Kier alpha value is -4.14. The summed E-state index contributed by atoms with van der Waals surface area (Å²) >= 11 is 0. The molecule has 0 radical (unpaired) electrons. The van der Waals surface area contributed by atoms with Crippen LogP contribution < -0.4 is 15.1 Å². The number of hydrogen-bond donors (Lipinski definition) is 0. The van der Waals surface area contributed by atoms with Crippen LogP contribution in [0.5, 0.6) is 11.5 Å². The summed E-state index contributed by atoms with van der Waals surface area (Å²) in [7, 11) is 1.62. The van der Waals surface area contributed by atoms with E-state index < -0.39 is 11.6 Å². The molecule has 0 fully saturated rings. The molecule has 0 bridgehead atoms. The molecule has 0 saturated carbocycles. The van der Waals surface area contributed by atoms with E-state index in [1.54, 1.807) is 42.3 Å². The van der Waals surface area contributed by atoms with E-state index in [0.29, 0.717) is 23.2 Å². The van der Waals surface area contributed by atoms with E-state index in [4.69, 9.17) is 18.6 Å². The van der Waals surface area contributed by atoms with Crippen molar-refractivity contribution in [1.82, 2.24) is 15.0 Å². The van der Waals surface area contributed by atoms with Gasteiger partial charge in [0, 0.05) is 0 Å². The summed E-state index contributed by atoms with van der Waals surface area (Å²) in [6.07, 6.45) is 1.70. The van der Waals surface area contributed by atoms with Crippen LogP contribution in [0.1, 0.15) is 11.3 Å². The molecule has 31 heavy (non-hydrogen) atoms. The van der Waals surface area contributed by atoms with Gasteiger partial charge in [-0.15, -0.1) is 5.10 Å². The van der Waals surface area contributed by atoms with Crippen molar-refractivity contribution < 1.29 is 23.4 Å². The molecule has 0 saturated heterocycles. The van der Waals surface area contributed by atoms with Crippen LogP contribution >= 0.6 is 0 Å². The quantitative estimate of drug-likeness (QED) is 0.316. The first-order chi connectivity index (χ1) is 15.1. The predicted octanol–water partition coefficient (Wildman–Crippen LogP) is 2.56. The molecule has 158 valence electrons. The summed E-state index contributed by atoms with van der Waals surface area (Å²) in [5, 5.41) is 8.64. The number of hydrogen-bond acceptors (Lipinski definition) is 8. The average Bonchev–Trinajstić information content (AvgIpc) is 3.23. The smallest absolute Gasteiger partial charge is 0.344 e. The summed E-state index contributed by atoms with van der Waals surface area (Å²) < 4.78 is 22.5. The van der Waals surface area contributed by atoms with Gasteiger partial charge in [-0.05, 0) is 29.8 Å². The number of aromatic nitrogens is 3. The molecule has 4 rings (SSSR count). The highest BCUT2D eigenvalue weighted by Crippen LogP contribution is 2.23. The molecule has 0 aliphatic rings. The average molecular weight is 421 g/mol. The Morgan fingerprint density at radius 3 is 2.74 bits per heavy atom. The molecule has 0 unspecified atom stereocenters. The lowest BCUT2D eigenvalue weighted by Crippen LogP contribution is -2.15. The van der Waals surface area contributed by atoms with Crippen molar-refractivity contribution in [2.24, 2.45) is 0 Å². The van der Waals surface area contributed by atoms with Crippen molar-refractivity contribution in [3.63, 3.8) is 0 Å². The fraction of sp³-hybridized carbons (Fsp3) is 0.182. The Morgan fingerprint density at radius 1 is 1.13 bits per heavy atom. The van der Waals surface area contributed by atoms with Crippen LogP contribution in [0.25, 0.3) is 11.0 Å². The first kappa shape index (κ1) is 20.1. The van der Waals surface area contributed by atoms with Crippen molar-refractivity contribution in [3.8, 4) is 11.5 Å². The van der Waals surface area contributed by atoms with E-state index in [-0.39, 0.29) is 19.0 Å². The second kappa shape index (κ2) is 9.12. The number of nitrogens with zero attached hydrogens (tertiary/aromatic N) is 3. The molecule has 0 atom stereocenters. The Bertz CT molecular complexity index is 1250. The highest BCUT2D eigenvalue weighted by atomic mass is 16.6. The normalized spacial score (nSPS) is 10.7. The summed E-state index contributed by atoms with van der Waals surface area (Å²) in [6, 6.07) is 15.7. The number of ether oxygens (including phenoxy) is 3. The lowest BCUT2D eigenvalue weighted by molar-refractivity contribution is -0.147. The number of methoxy groups -OCH3 is 1. The van der Waals surface area contributed by atoms with E-state index in [9.17, 15) is 9.59 Å². The first-order valence-corrected chi connectivity index (χ1v) is 9.44. The maximum Gasteiger partial charge on any atom is 0.344 e. The summed E-state index contributed by atoms with van der Waals surface area (Å²) in [5.41, 5.74) is 1.36. The number of benzene rings is 2. The zero-order valence-electron chi connectivity index (χ0n) is 16.7. The van der Waals surface area contributed by atoms with Gasteiger partial charge in [0.1, 0.15) is 29.4 Å². The minimum atomic E-state index is -0.595. The number of para-hydroxylation sites is 1. The number of carbonyl (C=O) groups excluding carboxylic acids is 1. The number of rotatable bonds is 8. The highest BCUT2D eigenvalue weighted by molar-refractivity contribution is 5.83. The van der Waals surface area contributed by atoms with Crippen LogP contribution in [0, 0.1) is 0 Å². The maximum absolute atomic E-state index is 12.1. The van der Waals surface area contributed by atoms with E-state index >= 15 is 0 Å². The third kappa shape index (κ3) is 5.08. The summed E-state index contributed by atoms with van der Waals surface area (Å²) in [5.74, 6) is 0.442. The van der Waals surface area contributed by atoms with Gasteiger partial charge >= 0.3 is 11.6 Å². The third-order valence-corrected chi connectivity index (χ3v) is 4.43. The van der Waals surface area contributed by atoms with E-state index in [1.165, 1.54) is 6.07 Å². The Labute approximate surface area is 176 Å². The predicted molar refractivity (Wildman–Crippen MR) is 110 cm³/mol. The minimum Gasteiger partial charge on any atom is -0.497 e. The van der Waals surface area contributed by atoms with Gasteiger partial charge in [0.15, 0.2) is 6.61 Å². The fourth-order valence-corrected chi connectivity index (χ4v) is 2.93. The van der Waals surface area contributed by atoms with Gasteiger partial charge in [0.25, 0.3) is 0 Å². The van der Waals surface area contributed by atoms with E-state index in [2.05, 4.69) is 10.3 Å². The zero-order valence-corrected chi connectivity index (χ0v) is 16.7. The second-order valence-corrected chi connectivity index (χ2v) is 6.63. The van der Waals surface area contributed by atoms with Crippen LogP contribution in [0.15, 0.2) is 70.0 Å². The number of esters is 1. The SMILES string of the molecule is COc1ccc(Cn2cc(COC(=O)COc3cc(=O)oc4ccccc34)nn2)cc1. The minimum absolute atomic E-state index is 0.0392. The van der Waals surface area contributed by atoms with Crippen molar-refractivity contribution >= 4 is 16.9 Å². The lowest BCUT2D eigenvalue weighted by Gasteiger charge is -2.08. The molecule has 9 heteroatoms. The lowest BCUT2D eigenvalue weighted by atomic mass is 10.2. The van der Waals surface area contributed by atoms with Crippen LogP contribution in [0.3, 0.4) is 0 Å². The summed E-state index contributed by atoms with van der Waals surface area (Å²) in [6.45, 7) is 0.133. The molecule has 2 aromatic carbocycles. The highest BCUT2D eigenvalue weighted by Gasteiger charge is 2.11. The molecule has 0 N–H and O–H groups in total.